The molecule has 0 saturated carbocycles. The molecule has 1 aromatic rings. The van der Waals surface area contributed by atoms with Crippen LogP contribution in [-0.4, -0.2) is 30.8 Å². The zero-order chi connectivity index (χ0) is 13.0. The first-order chi connectivity index (χ1) is 8.59. The van der Waals surface area contributed by atoms with Crippen molar-refractivity contribution in [2.45, 2.75) is 32.2 Å². The number of nitrogens with one attached hydrogen (secondary N) is 1. The Morgan fingerprint density at radius 1 is 1.28 bits per heavy atom. The number of pyridine rings is 1. The molecule has 0 amide bonds. The lowest BCUT2D eigenvalue weighted by atomic mass is 10.2. The summed E-state index contributed by atoms with van der Waals surface area (Å²) < 4.78 is 28.5. The van der Waals surface area contributed by atoms with E-state index in [2.05, 4.69) is 9.71 Å². The van der Waals surface area contributed by atoms with Crippen LogP contribution in [0.2, 0.25) is 0 Å². The fraction of sp³-hybridized carbons (Fsp3) is 0.583. The molecule has 100 valence electrons. The molecule has 0 aliphatic carbocycles. The summed E-state index contributed by atoms with van der Waals surface area (Å²) in [4.78, 5) is 4.16. The van der Waals surface area contributed by atoms with Crippen molar-refractivity contribution in [3.63, 3.8) is 0 Å². The third-order valence-electron chi connectivity index (χ3n) is 3.11. The molecular weight excluding hydrogens is 250 g/mol. The van der Waals surface area contributed by atoms with Crippen LogP contribution in [0.3, 0.4) is 0 Å². The van der Waals surface area contributed by atoms with Gasteiger partial charge >= 0.3 is 0 Å². The molecule has 1 fully saturated rings. The molecule has 1 saturated heterocycles. The van der Waals surface area contributed by atoms with E-state index in [1.807, 2.05) is 25.1 Å². The van der Waals surface area contributed by atoms with Crippen LogP contribution in [-0.2, 0) is 10.2 Å². The maximum Gasteiger partial charge on any atom is 0.280 e. The molecular formula is C12H19N3O2S. The fourth-order valence-corrected chi connectivity index (χ4v) is 3.55. The van der Waals surface area contributed by atoms with Crippen LogP contribution in [0.4, 0.5) is 0 Å². The summed E-state index contributed by atoms with van der Waals surface area (Å²) in [5.41, 5.74) is 0.734. The molecule has 6 heteroatoms. The predicted molar refractivity (Wildman–Crippen MR) is 70.1 cm³/mol. The van der Waals surface area contributed by atoms with E-state index in [0.29, 0.717) is 13.1 Å². The highest BCUT2D eigenvalue weighted by atomic mass is 32.2. The molecule has 1 aliphatic rings. The number of rotatable bonds is 4. The standard InChI is InChI=1S/C12H19N3O2S/c1-11(12-7-3-4-8-13-12)14-18(16,17)15-9-5-2-6-10-15/h3-4,7-8,11,14H,2,5-6,9-10H2,1H3/t11-/m1/s1. The minimum absolute atomic E-state index is 0.307. The van der Waals surface area contributed by atoms with Crippen LogP contribution in [0.25, 0.3) is 0 Å². The van der Waals surface area contributed by atoms with Crippen molar-refractivity contribution in [1.82, 2.24) is 14.0 Å². The molecule has 0 spiro atoms. The lowest BCUT2D eigenvalue weighted by Gasteiger charge is -2.27. The van der Waals surface area contributed by atoms with E-state index in [1.54, 1.807) is 6.20 Å². The highest BCUT2D eigenvalue weighted by Crippen LogP contribution is 2.15. The van der Waals surface area contributed by atoms with Crippen molar-refractivity contribution in [2.75, 3.05) is 13.1 Å². The van der Waals surface area contributed by atoms with Crippen LogP contribution in [0.15, 0.2) is 24.4 Å². The lowest BCUT2D eigenvalue weighted by molar-refractivity contribution is 0.339. The minimum Gasteiger partial charge on any atom is -0.260 e. The van der Waals surface area contributed by atoms with E-state index >= 15 is 0 Å². The van der Waals surface area contributed by atoms with E-state index < -0.39 is 10.2 Å². The van der Waals surface area contributed by atoms with Crippen molar-refractivity contribution in [3.05, 3.63) is 30.1 Å². The van der Waals surface area contributed by atoms with Crippen LogP contribution < -0.4 is 4.72 Å². The van der Waals surface area contributed by atoms with Gasteiger partial charge in [-0.3, -0.25) is 4.98 Å². The van der Waals surface area contributed by atoms with Crippen molar-refractivity contribution in [2.24, 2.45) is 0 Å². The molecule has 1 aromatic heterocycles. The van der Waals surface area contributed by atoms with E-state index in [4.69, 9.17) is 0 Å². The summed E-state index contributed by atoms with van der Waals surface area (Å²) in [6.45, 7) is 3.04. The van der Waals surface area contributed by atoms with E-state index in [-0.39, 0.29) is 6.04 Å². The van der Waals surface area contributed by atoms with Crippen LogP contribution in [0.1, 0.15) is 37.9 Å². The SMILES string of the molecule is C[C@@H](NS(=O)(=O)N1CCCCC1)c1ccccn1. The summed E-state index contributed by atoms with van der Waals surface area (Å²) in [6, 6.07) is 5.19. The minimum atomic E-state index is -3.39. The van der Waals surface area contributed by atoms with Crippen LogP contribution in [0.5, 0.6) is 0 Å². The number of nitrogens with zero attached hydrogens (tertiary/aromatic N) is 2. The van der Waals surface area contributed by atoms with Gasteiger partial charge in [0.05, 0.1) is 11.7 Å². The fourth-order valence-electron chi connectivity index (χ4n) is 2.10. The molecule has 1 atom stereocenters. The zero-order valence-corrected chi connectivity index (χ0v) is 11.4. The monoisotopic (exact) mass is 269 g/mol. The quantitative estimate of drug-likeness (QED) is 0.900. The van der Waals surface area contributed by atoms with Crippen LogP contribution >= 0.6 is 0 Å². The Kier molecular flexibility index (Phi) is 4.31. The first-order valence-corrected chi connectivity index (χ1v) is 7.72. The number of aromatic nitrogens is 1. The second kappa shape index (κ2) is 5.77. The Morgan fingerprint density at radius 2 is 2.00 bits per heavy atom. The number of hydrogen-bond donors (Lipinski definition) is 1. The average molecular weight is 269 g/mol. The first-order valence-electron chi connectivity index (χ1n) is 6.28. The van der Waals surface area contributed by atoms with E-state index in [1.165, 1.54) is 4.31 Å². The molecule has 2 rings (SSSR count). The van der Waals surface area contributed by atoms with Gasteiger partial charge in [-0.25, -0.2) is 0 Å². The summed E-state index contributed by atoms with van der Waals surface area (Å²) in [5, 5.41) is 0. The summed E-state index contributed by atoms with van der Waals surface area (Å²) in [6.07, 6.45) is 4.67. The molecule has 2 heterocycles. The van der Waals surface area contributed by atoms with Gasteiger partial charge in [0.25, 0.3) is 10.2 Å². The van der Waals surface area contributed by atoms with Gasteiger partial charge in [0.1, 0.15) is 0 Å². The highest BCUT2D eigenvalue weighted by molar-refractivity contribution is 7.87. The van der Waals surface area contributed by atoms with Gasteiger partial charge in [0.2, 0.25) is 0 Å². The largest absolute Gasteiger partial charge is 0.280 e. The molecule has 1 aliphatic heterocycles. The Bertz CT molecular complexity index is 469. The molecule has 0 bridgehead atoms. The smallest absolute Gasteiger partial charge is 0.260 e. The number of piperidine rings is 1. The van der Waals surface area contributed by atoms with Crippen molar-refractivity contribution in [1.29, 1.82) is 0 Å². The van der Waals surface area contributed by atoms with Gasteiger partial charge in [-0.2, -0.15) is 17.4 Å². The lowest BCUT2D eigenvalue weighted by Crippen LogP contribution is -2.44. The summed E-state index contributed by atoms with van der Waals surface area (Å²) in [7, 11) is -3.39. The second-order valence-electron chi connectivity index (χ2n) is 4.56. The van der Waals surface area contributed by atoms with Crippen molar-refractivity contribution >= 4 is 10.2 Å². The predicted octanol–water partition coefficient (Wildman–Crippen LogP) is 1.46. The topological polar surface area (TPSA) is 62.3 Å². The Balaban J connectivity index is 2.03. The van der Waals surface area contributed by atoms with Crippen molar-refractivity contribution in [3.8, 4) is 0 Å². The number of hydrogen-bond acceptors (Lipinski definition) is 3. The van der Waals surface area contributed by atoms with Crippen molar-refractivity contribution < 1.29 is 8.42 Å². The van der Waals surface area contributed by atoms with Gasteiger partial charge in [-0.1, -0.05) is 12.5 Å². The molecule has 0 unspecified atom stereocenters. The Hall–Kier alpha value is -0.980. The molecule has 1 N–H and O–H groups in total. The Labute approximate surface area is 108 Å². The highest BCUT2D eigenvalue weighted by Gasteiger charge is 2.25. The average Bonchev–Trinajstić information content (AvgIpc) is 2.40. The van der Waals surface area contributed by atoms with Crippen LogP contribution in [0, 0.1) is 0 Å². The Morgan fingerprint density at radius 3 is 2.61 bits per heavy atom. The third-order valence-corrected chi connectivity index (χ3v) is 4.81. The van der Waals surface area contributed by atoms with Gasteiger partial charge in [-0.05, 0) is 31.9 Å². The van der Waals surface area contributed by atoms with Gasteiger partial charge in [0, 0.05) is 19.3 Å². The summed E-state index contributed by atoms with van der Waals surface area (Å²) >= 11 is 0. The van der Waals surface area contributed by atoms with Gasteiger partial charge < -0.3 is 0 Å². The normalized spacial score (nSPS) is 19.6. The van der Waals surface area contributed by atoms with E-state index in [0.717, 1.165) is 25.0 Å². The molecule has 5 nitrogen and oxygen atoms in total. The zero-order valence-electron chi connectivity index (χ0n) is 10.5. The first kappa shape index (κ1) is 13.5. The van der Waals surface area contributed by atoms with Gasteiger partial charge in [-0.15, -0.1) is 0 Å². The second-order valence-corrected chi connectivity index (χ2v) is 6.26. The maximum absolute atomic E-state index is 12.2. The molecule has 0 aromatic carbocycles. The summed E-state index contributed by atoms with van der Waals surface area (Å²) in [5.74, 6) is 0. The maximum atomic E-state index is 12.2. The van der Waals surface area contributed by atoms with Gasteiger partial charge in [0.15, 0.2) is 0 Å². The third kappa shape index (κ3) is 3.28. The molecule has 0 radical (unpaired) electrons. The van der Waals surface area contributed by atoms with E-state index in [9.17, 15) is 8.42 Å². The molecule has 18 heavy (non-hydrogen) atoms.